The number of fused-ring (bicyclic) bond motifs is 1. The van der Waals surface area contributed by atoms with Gasteiger partial charge in [0.15, 0.2) is 17.5 Å². The number of hydroxylamine groups is 1. The van der Waals surface area contributed by atoms with Crippen LogP contribution in [-0.2, 0) is 0 Å². The molecule has 0 radical (unpaired) electrons. The van der Waals surface area contributed by atoms with Crippen LogP contribution in [-0.4, -0.2) is 22.3 Å². The summed E-state index contributed by atoms with van der Waals surface area (Å²) in [5, 5.41) is 12.4. The number of nitrogens with zero attached hydrogens (tertiary/aromatic N) is 1. The lowest BCUT2D eigenvalue weighted by Crippen LogP contribution is -2.29. The van der Waals surface area contributed by atoms with Crippen molar-refractivity contribution in [3.8, 4) is 11.1 Å². The maximum atomic E-state index is 12.4. The number of hydrogen-bond acceptors (Lipinski definition) is 2. The Morgan fingerprint density at radius 3 is 2.33 bits per heavy atom. The van der Waals surface area contributed by atoms with Gasteiger partial charge in [-0.15, -0.1) is 0 Å². The fourth-order valence-electron chi connectivity index (χ4n) is 2.76. The van der Waals surface area contributed by atoms with E-state index in [-0.39, 0.29) is 5.78 Å². The van der Waals surface area contributed by atoms with Crippen molar-refractivity contribution >= 4 is 12.0 Å². The smallest absolute Gasteiger partial charge is 0.182 e. The predicted octanol–water partition coefficient (Wildman–Crippen LogP) is 5.15. The molecule has 0 fully saturated rings. The van der Waals surface area contributed by atoms with E-state index in [0.717, 1.165) is 27.0 Å². The summed E-state index contributed by atoms with van der Waals surface area (Å²) >= 11 is 0. The second-order valence-corrected chi connectivity index (χ2v) is 7.80. The van der Waals surface area contributed by atoms with Gasteiger partial charge in [0.1, 0.15) is 0 Å². The zero-order valence-corrected chi connectivity index (χ0v) is 15.7. The van der Waals surface area contributed by atoms with Gasteiger partial charge in [-0.2, -0.15) is 0 Å². The summed E-state index contributed by atoms with van der Waals surface area (Å²) in [6.07, 6.45) is 1.61. The minimum Gasteiger partial charge on any atom is -0.623 e. The van der Waals surface area contributed by atoms with Crippen LogP contribution >= 0.6 is 0 Å². The number of aryl methyl sites for hydroxylation is 1. The molecule has 0 aromatic rings. The highest BCUT2D eigenvalue weighted by atomic mass is 16.5. The molecule has 0 heterocycles. The quantitative estimate of drug-likeness (QED) is 0.257. The average molecular weight is 325 g/mol. The predicted molar refractivity (Wildman–Crippen MR) is 100 cm³/mol. The van der Waals surface area contributed by atoms with E-state index in [9.17, 15) is 10.0 Å². The van der Waals surface area contributed by atoms with Crippen LogP contribution < -0.4 is 0 Å². The molecular weight excluding hydrogens is 298 g/mol. The highest BCUT2D eigenvalue weighted by molar-refractivity contribution is 6.07. The van der Waals surface area contributed by atoms with Crippen LogP contribution in [0, 0.1) is 12.1 Å². The standard InChI is InChI=1S/C21H27NO2/c1-13(2)16-9-8-14(3)20-18(15(4)23)11-17(19(20)10-16)12-22(24)21(5,6)7/h8-13H,1-7H3/b22-12-. The summed E-state index contributed by atoms with van der Waals surface area (Å²) in [6, 6.07) is 8.13. The molecular formula is C21H27NO2. The Morgan fingerprint density at radius 1 is 1.21 bits per heavy atom. The van der Waals surface area contributed by atoms with Gasteiger partial charge in [-0.3, -0.25) is 4.79 Å². The SMILES string of the molecule is CC(=O)c1cc(/C=[N+](\[O-])C(C)(C)C)c2cc(C(C)C)ccc(C)c1-2. The molecule has 0 saturated heterocycles. The van der Waals surface area contributed by atoms with E-state index >= 15 is 0 Å². The number of hydrogen-bond donors (Lipinski definition) is 0. The summed E-state index contributed by atoms with van der Waals surface area (Å²) in [6.45, 7) is 13.5. The topological polar surface area (TPSA) is 43.1 Å². The number of ketones is 1. The molecule has 24 heavy (non-hydrogen) atoms. The Balaban J connectivity index is 2.82. The molecule has 0 saturated carbocycles. The van der Waals surface area contributed by atoms with Gasteiger partial charge in [0.25, 0.3) is 0 Å². The van der Waals surface area contributed by atoms with E-state index in [0.29, 0.717) is 11.5 Å². The van der Waals surface area contributed by atoms with Gasteiger partial charge in [0.05, 0.1) is 0 Å². The molecule has 0 spiro atoms. The molecule has 2 rings (SSSR count). The van der Waals surface area contributed by atoms with Crippen molar-refractivity contribution in [1.29, 1.82) is 0 Å². The Bertz CT molecular complexity index is 779. The zero-order chi connectivity index (χ0) is 18.2. The van der Waals surface area contributed by atoms with Crippen LogP contribution in [0.1, 0.15) is 74.5 Å². The van der Waals surface area contributed by atoms with Crippen LogP contribution in [0.15, 0.2) is 24.3 Å². The normalized spacial score (nSPS) is 12.9. The van der Waals surface area contributed by atoms with Crippen molar-refractivity contribution in [3.05, 3.63) is 51.7 Å². The van der Waals surface area contributed by atoms with Gasteiger partial charge < -0.3 is 5.21 Å². The van der Waals surface area contributed by atoms with Crippen LogP contribution in [0.2, 0.25) is 0 Å². The molecule has 2 aliphatic rings. The number of Topliss-reactive ketones (excluding diaryl/α,β-unsaturated/α-hetero) is 1. The van der Waals surface area contributed by atoms with Gasteiger partial charge in [-0.25, -0.2) is 4.74 Å². The first kappa shape index (κ1) is 18.2. The lowest BCUT2D eigenvalue weighted by atomic mass is 9.99. The first-order chi connectivity index (χ1) is 11.0. The van der Waals surface area contributed by atoms with E-state index in [4.69, 9.17) is 0 Å². The van der Waals surface area contributed by atoms with Crippen LogP contribution in [0.25, 0.3) is 11.1 Å². The molecule has 0 atom stereocenters. The number of carbonyl (C=O) groups is 1. The Kier molecular flexibility index (Phi) is 4.84. The summed E-state index contributed by atoms with van der Waals surface area (Å²) in [5.74, 6) is 0.391. The summed E-state index contributed by atoms with van der Waals surface area (Å²) < 4.78 is 0.961. The molecule has 0 bridgehead atoms. The van der Waals surface area contributed by atoms with Crippen molar-refractivity contribution in [2.45, 2.75) is 59.9 Å². The van der Waals surface area contributed by atoms with Crippen molar-refractivity contribution in [2.75, 3.05) is 0 Å². The number of rotatable bonds is 3. The second-order valence-electron chi connectivity index (χ2n) is 7.80. The summed E-state index contributed by atoms with van der Waals surface area (Å²) in [5.41, 5.74) is 5.13. The molecule has 0 amide bonds. The third-order valence-electron chi connectivity index (χ3n) is 4.34. The third-order valence-corrected chi connectivity index (χ3v) is 4.34. The summed E-state index contributed by atoms with van der Waals surface area (Å²) in [4.78, 5) is 12.1. The van der Waals surface area contributed by atoms with Gasteiger partial charge in [-0.05, 0) is 48.1 Å². The molecule has 2 aliphatic carbocycles. The fourth-order valence-corrected chi connectivity index (χ4v) is 2.76. The van der Waals surface area contributed by atoms with E-state index in [1.807, 2.05) is 33.8 Å². The Morgan fingerprint density at radius 2 is 1.83 bits per heavy atom. The molecule has 0 N–H and O–H groups in total. The molecule has 0 unspecified atom stereocenters. The largest absolute Gasteiger partial charge is 0.623 e. The van der Waals surface area contributed by atoms with Gasteiger partial charge in [0.2, 0.25) is 0 Å². The minimum atomic E-state index is -0.521. The maximum absolute atomic E-state index is 12.4. The van der Waals surface area contributed by atoms with Crippen molar-refractivity contribution in [1.82, 2.24) is 0 Å². The second kappa shape index (κ2) is 6.39. The van der Waals surface area contributed by atoms with E-state index in [1.165, 1.54) is 5.56 Å². The van der Waals surface area contributed by atoms with Crippen LogP contribution in [0.4, 0.5) is 0 Å². The monoisotopic (exact) mass is 325 g/mol. The lowest BCUT2D eigenvalue weighted by molar-refractivity contribution is -0.530. The highest BCUT2D eigenvalue weighted by Gasteiger charge is 2.24. The van der Waals surface area contributed by atoms with Gasteiger partial charge in [0, 0.05) is 31.9 Å². The van der Waals surface area contributed by atoms with Gasteiger partial charge in [-0.1, -0.05) is 32.0 Å². The van der Waals surface area contributed by atoms with E-state index in [1.54, 1.807) is 13.1 Å². The minimum absolute atomic E-state index is 0.0215. The van der Waals surface area contributed by atoms with Gasteiger partial charge >= 0.3 is 0 Å². The third kappa shape index (κ3) is 3.50. The lowest BCUT2D eigenvalue weighted by Gasteiger charge is -2.18. The molecule has 0 aromatic carbocycles. The highest BCUT2D eigenvalue weighted by Crippen LogP contribution is 2.36. The molecule has 0 aromatic heterocycles. The summed E-state index contributed by atoms with van der Waals surface area (Å²) in [7, 11) is 0. The molecule has 0 aliphatic heterocycles. The van der Waals surface area contributed by atoms with Crippen LogP contribution in [0.3, 0.4) is 0 Å². The molecule has 128 valence electrons. The van der Waals surface area contributed by atoms with Crippen molar-refractivity contribution in [3.63, 3.8) is 0 Å². The number of carbonyl (C=O) groups excluding carboxylic acids is 1. The van der Waals surface area contributed by atoms with Crippen LogP contribution in [0.5, 0.6) is 0 Å². The Hall–Kier alpha value is -2.16. The van der Waals surface area contributed by atoms with Crippen molar-refractivity contribution < 1.29 is 9.53 Å². The fraction of sp³-hybridized carbons (Fsp3) is 0.429. The first-order valence-corrected chi connectivity index (χ1v) is 8.42. The molecule has 3 nitrogen and oxygen atoms in total. The Labute approximate surface area is 144 Å². The zero-order valence-electron chi connectivity index (χ0n) is 15.7. The maximum Gasteiger partial charge on any atom is 0.182 e. The van der Waals surface area contributed by atoms with Crippen molar-refractivity contribution in [2.24, 2.45) is 0 Å². The average Bonchev–Trinajstić information content (AvgIpc) is 2.70. The van der Waals surface area contributed by atoms with E-state index < -0.39 is 5.54 Å². The van der Waals surface area contributed by atoms with E-state index in [2.05, 4.69) is 32.0 Å². The first-order valence-electron chi connectivity index (χ1n) is 8.42. The molecule has 3 heteroatoms.